The maximum absolute atomic E-state index is 12.2. The van der Waals surface area contributed by atoms with Crippen LogP contribution in [0, 0.1) is 11.8 Å². The van der Waals surface area contributed by atoms with Crippen molar-refractivity contribution in [2.75, 3.05) is 31.2 Å². The van der Waals surface area contributed by atoms with Crippen LogP contribution in [-0.2, 0) is 4.74 Å². The highest BCUT2D eigenvalue weighted by Crippen LogP contribution is 2.18. The molecule has 6 nitrogen and oxygen atoms in total. The average molecular weight is 392 g/mol. The van der Waals surface area contributed by atoms with Crippen molar-refractivity contribution in [2.45, 2.75) is 19.8 Å². The maximum Gasteiger partial charge on any atom is 0.414 e. The Morgan fingerprint density at radius 2 is 1.93 bits per heavy atom. The molecule has 0 aromatic heterocycles. The van der Waals surface area contributed by atoms with E-state index in [9.17, 15) is 9.59 Å². The van der Waals surface area contributed by atoms with E-state index in [-0.39, 0.29) is 18.5 Å². The van der Waals surface area contributed by atoms with Gasteiger partial charge in [-0.05, 0) is 55.0 Å². The molecule has 0 spiro atoms. The van der Waals surface area contributed by atoms with Crippen molar-refractivity contribution in [1.82, 2.24) is 5.32 Å². The number of amides is 2. The van der Waals surface area contributed by atoms with Crippen molar-refractivity contribution in [3.63, 3.8) is 0 Å². The van der Waals surface area contributed by atoms with Crippen LogP contribution in [0.2, 0.25) is 0 Å². The molecule has 0 bridgehead atoms. The second-order valence-electron chi connectivity index (χ2n) is 6.52. The number of cyclic esters (lactones) is 1. The molecule has 1 aliphatic rings. The quantitative estimate of drug-likeness (QED) is 0.577. The summed E-state index contributed by atoms with van der Waals surface area (Å²) in [6, 6.07) is 14.4. The van der Waals surface area contributed by atoms with Crippen LogP contribution in [0.15, 0.2) is 48.5 Å². The zero-order valence-corrected chi connectivity index (χ0v) is 16.4. The first-order chi connectivity index (χ1) is 14.2. The number of hydrogen-bond donors (Lipinski definition) is 1. The summed E-state index contributed by atoms with van der Waals surface area (Å²) in [6.07, 6.45) is 1.76. The van der Waals surface area contributed by atoms with Gasteiger partial charge in [0, 0.05) is 16.8 Å². The van der Waals surface area contributed by atoms with Crippen LogP contribution in [-0.4, -0.2) is 38.3 Å². The molecule has 0 unspecified atom stereocenters. The molecule has 1 saturated heterocycles. The van der Waals surface area contributed by atoms with E-state index in [0.717, 1.165) is 29.8 Å². The van der Waals surface area contributed by atoms with E-state index in [4.69, 9.17) is 9.47 Å². The van der Waals surface area contributed by atoms with Gasteiger partial charge in [-0.15, -0.1) is 0 Å². The summed E-state index contributed by atoms with van der Waals surface area (Å²) < 4.78 is 10.5. The number of carbonyl (C=O) groups is 2. The molecule has 2 aromatic carbocycles. The second-order valence-corrected chi connectivity index (χ2v) is 6.52. The molecule has 6 heteroatoms. The van der Waals surface area contributed by atoms with E-state index in [0.29, 0.717) is 25.3 Å². The Labute approximate surface area is 170 Å². The lowest BCUT2D eigenvalue weighted by atomic mass is 10.2. The first-order valence-corrected chi connectivity index (χ1v) is 9.71. The van der Waals surface area contributed by atoms with Crippen LogP contribution in [0.3, 0.4) is 0 Å². The van der Waals surface area contributed by atoms with Crippen LogP contribution >= 0.6 is 0 Å². The predicted molar refractivity (Wildman–Crippen MR) is 111 cm³/mol. The Kier molecular flexibility index (Phi) is 7.12. The summed E-state index contributed by atoms with van der Waals surface area (Å²) in [5, 5.41) is 2.78. The molecule has 1 heterocycles. The van der Waals surface area contributed by atoms with Crippen LogP contribution in [0.1, 0.15) is 35.7 Å². The minimum Gasteiger partial charge on any atom is -0.494 e. The Bertz CT molecular complexity index is 895. The number of ether oxygens (including phenoxy) is 2. The number of carbonyl (C=O) groups excluding carboxylic acids is 2. The fourth-order valence-corrected chi connectivity index (χ4v) is 2.76. The third-order valence-electron chi connectivity index (χ3n) is 4.39. The highest BCUT2D eigenvalue weighted by molar-refractivity contribution is 5.94. The predicted octanol–water partition coefficient (Wildman–Crippen LogP) is 3.60. The van der Waals surface area contributed by atoms with Gasteiger partial charge in [0.15, 0.2) is 0 Å². The van der Waals surface area contributed by atoms with E-state index in [1.165, 1.54) is 0 Å². The number of hydrogen-bond acceptors (Lipinski definition) is 4. The highest BCUT2D eigenvalue weighted by Gasteiger charge is 2.23. The molecular formula is C23H24N2O4. The second kappa shape index (κ2) is 10.2. The third-order valence-corrected chi connectivity index (χ3v) is 4.39. The first-order valence-electron chi connectivity index (χ1n) is 9.71. The largest absolute Gasteiger partial charge is 0.494 e. The monoisotopic (exact) mass is 392 g/mol. The number of nitrogens with one attached hydrogen (secondary N) is 1. The molecule has 1 aliphatic heterocycles. The van der Waals surface area contributed by atoms with Gasteiger partial charge in [0.2, 0.25) is 0 Å². The van der Waals surface area contributed by atoms with Gasteiger partial charge in [0.1, 0.15) is 12.4 Å². The molecule has 0 radical (unpaired) electrons. The summed E-state index contributed by atoms with van der Waals surface area (Å²) >= 11 is 0. The summed E-state index contributed by atoms with van der Waals surface area (Å²) in [7, 11) is 0. The lowest BCUT2D eigenvalue weighted by molar-refractivity contribution is 0.0958. The topological polar surface area (TPSA) is 67.9 Å². The van der Waals surface area contributed by atoms with E-state index < -0.39 is 0 Å². The summed E-state index contributed by atoms with van der Waals surface area (Å²) in [5.41, 5.74) is 2.16. The normalized spacial score (nSPS) is 12.7. The Hall–Kier alpha value is -3.46. The molecule has 3 rings (SSSR count). The summed E-state index contributed by atoms with van der Waals surface area (Å²) in [6.45, 7) is 4.01. The van der Waals surface area contributed by atoms with Crippen molar-refractivity contribution in [3.05, 3.63) is 59.7 Å². The summed E-state index contributed by atoms with van der Waals surface area (Å²) in [5.74, 6) is 6.52. The number of nitrogens with zero attached hydrogens (tertiary/aromatic N) is 1. The molecule has 0 saturated carbocycles. The number of unbranched alkanes of at least 4 members (excludes halogenated alkanes) is 1. The maximum atomic E-state index is 12.2. The molecule has 29 heavy (non-hydrogen) atoms. The third kappa shape index (κ3) is 5.76. The summed E-state index contributed by atoms with van der Waals surface area (Å²) in [4.78, 5) is 25.3. The smallest absolute Gasteiger partial charge is 0.414 e. The van der Waals surface area contributed by atoms with E-state index >= 15 is 0 Å². The van der Waals surface area contributed by atoms with Gasteiger partial charge in [-0.3, -0.25) is 9.69 Å². The number of anilines is 1. The zero-order valence-electron chi connectivity index (χ0n) is 16.4. The van der Waals surface area contributed by atoms with E-state index in [1.54, 1.807) is 29.2 Å². The van der Waals surface area contributed by atoms with Gasteiger partial charge < -0.3 is 14.8 Å². The lowest BCUT2D eigenvalue weighted by Crippen LogP contribution is -2.23. The lowest BCUT2D eigenvalue weighted by Gasteiger charge is -2.11. The molecule has 2 amide bonds. The van der Waals surface area contributed by atoms with Gasteiger partial charge in [-0.25, -0.2) is 4.79 Å². The fourth-order valence-electron chi connectivity index (χ4n) is 2.76. The van der Waals surface area contributed by atoms with Crippen molar-refractivity contribution in [2.24, 2.45) is 0 Å². The average Bonchev–Trinajstić information content (AvgIpc) is 3.18. The van der Waals surface area contributed by atoms with Gasteiger partial charge in [-0.2, -0.15) is 0 Å². The minimum absolute atomic E-state index is 0.178. The van der Waals surface area contributed by atoms with Crippen molar-refractivity contribution >= 4 is 17.7 Å². The minimum atomic E-state index is -0.327. The van der Waals surface area contributed by atoms with Gasteiger partial charge >= 0.3 is 6.09 Å². The Morgan fingerprint density at radius 3 is 2.59 bits per heavy atom. The van der Waals surface area contributed by atoms with Crippen molar-refractivity contribution < 1.29 is 19.1 Å². The number of benzene rings is 2. The molecule has 0 atom stereocenters. The molecule has 1 N–H and O–H groups in total. The Balaban J connectivity index is 1.47. The van der Waals surface area contributed by atoms with Crippen LogP contribution in [0.25, 0.3) is 0 Å². The van der Waals surface area contributed by atoms with Crippen LogP contribution in [0.5, 0.6) is 5.75 Å². The molecule has 0 aliphatic carbocycles. The molecule has 2 aromatic rings. The van der Waals surface area contributed by atoms with Crippen LogP contribution < -0.4 is 15.0 Å². The molecule has 150 valence electrons. The van der Waals surface area contributed by atoms with Crippen LogP contribution in [0.4, 0.5) is 10.5 Å². The first kappa shape index (κ1) is 20.3. The van der Waals surface area contributed by atoms with Gasteiger partial charge in [0.25, 0.3) is 5.91 Å². The molecular weight excluding hydrogens is 368 g/mol. The van der Waals surface area contributed by atoms with E-state index in [1.807, 2.05) is 24.3 Å². The molecule has 1 fully saturated rings. The van der Waals surface area contributed by atoms with E-state index in [2.05, 4.69) is 24.1 Å². The van der Waals surface area contributed by atoms with Gasteiger partial charge in [-0.1, -0.05) is 25.2 Å². The Morgan fingerprint density at radius 1 is 1.17 bits per heavy atom. The number of rotatable bonds is 7. The van der Waals surface area contributed by atoms with Crippen molar-refractivity contribution in [3.8, 4) is 17.6 Å². The van der Waals surface area contributed by atoms with Gasteiger partial charge in [0.05, 0.1) is 19.7 Å². The highest BCUT2D eigenvalue weighted by atomic mass is 16.6. The fraction of sp³-hybridized carbons (Fsp3) is 0.304. The SMILES string of the molecule is CCCCOc1ccc(C(=O)NCC#Cc2ccc(N3CCOC3=O)cc2)cc1. The van der Waals surface area contributed by atoms with Crippen molar-refractivity contribution in [1.29, 1.82) is 0 Å². The zero-order chi connectivity index (χ0) is 20.5. The standard InChI is InChI=1S/C23H24N2O4/c1-2-3-16-28-21-12-8-19(9-13-21)22(26)24-14-4-5-18-6-10-20(11-7-18)25-15-17-29-23(25)27/h6-13H,2-3,14-17H2,1H3,(H,24,26).